The van der Waals surface area contributed by atoms with Crippen LogP contribution in [-0.4, -0.2) is 39.0 Å². The summed E-state index contributed by atoms with van der Waals surface area (Å²) in [6.45, 7) is 5.19. The molecule has 0 aliphatic heterocycles. The zero-order chi connectivity index (χ0) is 20.4. The molecule has 0 saturated carbocycles. The maximum absolute atomic E-state index is 12.7. The molecule has 28 heavy (non-hydrogen) atoms. The number of aromatic nitrogens is 2. The number of thiazole rings is 1. The molecule has 0 fully saturated rings. The van der Waals surface area contributed by atoms with Crippen LogP contribution in [0.4, 0.5) is 0 Å². The van der Waals surface area contributed by atoms with Crippen LogP contribution in [0.1, 0.15) is 33.6 Å². The van der Waals surface area contributed by atoms with Crippen molar-refractivity contribution < 1.29 is 23.8 Å². The molecule has 3 aromatic heterocycles. The van der Waals surface area contributed by atoms with Crippen molar-refractivity contribution in [1.29, 1.82) is 0 Å². The summed E-state index contributed by atoms with van der Waals surface area (Å²) in [6, 6.07) is 0.377. The maximum Gasteiger partial charge on any atom is 0.256 e. The van der Waals surface area contributed by atoms with Gasteiger partial charge >= 0.3 is 0 Å². The van der Waals surface area contributed by atoms with Crippen LogP contribution in [0.25, 0.3) is 11.0 Å². The first kappa shape index (κ1) is 19.8. The fourth-order valence-electron chi connectivity index (χ4n) is 2.71. The number of carbonyl (C=O) groups excluding carboxylic acids is 2. The largest absolute Gasteiger partial charge is 0.472 e. The third kappa shape index (κ3) is 3.97. The molecular weight excluding hydrogens is 384 g/mol. The number of aliphatic hydroxyl groups excluding tert-OH is 1. The molecule has 0 aromatic carbocycles. The molecular formula is C18H20N4O5S. The molecule has 3 rings (SSSR count). The number of aryl methyl sites for hydroxylation is 2. The summed E-state index contributed by atoms with van der Waals surface area (Å²) >= 11 is 1.48. The van der Waals surface area contributed by atoms with Crippen molar-refractivity contribution in [3.05, 3.63) is 39.7 Å². The molecule has 9 nitrogen and oxygen atoms in total. The van der Waals surface area contributed by atoms with Crippen LogP contribution in [0.2, 0.25) is 0 Å². The highest BCUT2D eigenvalue weighted by Gasteiger charge is 2.27. The Labute approximate surface area is 164 Å². The van der Waals surface area contributed by atoms with E-state index in [0.29, 0.717) is 29.2 Å². The highest BCUT2D eigenvalue weighted by molar-refractivity contribution is 7.09. The number of hydrogen-bond donors (Lipinski definition) is 3. The molecule has 148 valence electrons. The van der Waals surface area contributed by atoms with Crippen LogP contribution in [0.15, 0.2) is 22.2 Å². The van der Waals surface area contributed by atoms with Gasteiger partial charge in [0.2, 0.25) is 11.8 Å². The van der Waals surface area contributed by atoms with Crippen molar-refractivity contribution >= 4 is 34.1 Å². The minimum absolute atomic E-state index is 0.225. The van der Waals surface area contributed by atoms with E-state index in [2.05, 4.69) is 15.3 Å². The number of ether oxygens (including phenoxy) is 1. The molecule has 3 aromatic rings. The summed E-state index contributed by atoms with van der Waals surface area (Å²) in [5.41, 5.74) is 8.50. The van der Waals surface area contributed by atoms with Gasteiger partial charge < -0.3 is 25.3 Å². The van der Waals surface area contributed by atoms with Gasteiger partial charge in [-0.05, 0) is 20.8 Å². The predicted molar refractivity (Wildman–Crippen MR) is 102 cm³/mol. The number of carbonyl (C=O) groups is 2. The lowest BCUT2D eigenvalue weighted by molar-refractivity contribution is -0.122. The number of pyridine rings is 1. The maximum atomic E-state index is 12.7. The second kappa shape index (κ2) is 7.95. The Hall–Kier alpha value is -2.98. The average molecular weight is 404 g/mol. The van der Waals surface area contributed by atoms with Crippen LogP contribution in [-0.2, 0) is 11.4 Å². The van der Waals surface area contributed by atoms with Gasteiger partial charge in [0.15, 0.2) is 5.58 Å². The van der Waals surface area contributed by atoms with Gasteiger partial charge in [0.25, 0.3) is 5.91 Å². The van der Waals surface area contributed by atoms with E-state index in [-0.39, 0.29) is 5.56 Å². The molecule has 2 amide bonds. The highest BCUT2D eigenvalue weighted by atomic mass is 32.1. The van der Waals surface area contributed by atoms with Gasteiger partial charge in [0, 0.05) is 11.5 Å². The second-order valence-corrected chi connectivity index (χ2v) is 7.23. The summed E-state index contributed by atoms with van der Waals surface area (Å²) in [5.74, 6) is -0.758. The summed E-state index contributed by atoms with van der Waals surface area (Å²) in [6.07, 6.45) is 0.330. The molecule has 0 aliphatic rings. The number of primary amides is 1. The van der Waals surface area contributed by atoms with E-state index in [9.17, 15) is 14.7 Å². The second-order valence-electron chi connectivity index (χ2n) is 6.30. The number of amides is 2. The third-order valence-corrected chi connectivity index (χ3v) is 5.13. The lowest BCUT2D eigenvalue weighted by Gasteiger charge is -2.17. The topological polar surface area (TPSA) is 141 Å². The Morgan fingerprint density at radius 2 is 2.14 bits per heavy atom. The van der Waals surface area contributed by atoms with E-state index >= 15 is 0 Å². The van der Waals surface area contributed by atoms with Crippen LogP contribution in [0.5, 0.6) is 5.88 Å². The standard InChI is InChI=1S/C18H20N4O5S/c1-8-13(28-7-21-8)6-26-14-4-11-12(5-20-14)27-10(3)15(11)18(25)22-16(9(2)23)17(19)24/h4-5,7,9,16,23H,6H2,1-3H3,(H2,19,24)(H,22,25)/t9-,16+/m1/s1. The number of nitrogens with one attached hydrogen (secondary N) is 1. The number of rotatable bonds is 7. The lowest BCUT2D eigenvalue weighted by Crippen LogP contribution is -2.50. The Bertz CT molecular complexity index is 1030. The average Bonchev–Trinajstić information content (AvgIpc) is 3.18. The van der Waals surface area contributed by atoms with Crippen LogP contribution in [0.3, 0.4) is 0 Å². The molecule has 10 heteroatoms. The predicted octanol–water partition coefficient (Wildman–Crippen LogP) is 1.44. The van der Waals surface area contributed by atoms with Gasteiger partial charge in [-0.1, -0.05) is 0 Å². The molecule has 0 saturated heterocycles. The quantitative estimate of drug-likeness (QED) is 0.541. The number of furan rings is 1. The Kier molecular flexibility index (Phi) is 5.61. The highest BCUT2D eigenvalue weighted by Crippen LogP contribution is 2.28. The number of nitrogens with two attached hydrogens (primary N) is 1. The Balaban J connectivity index is 1.87. The number of nitrogens with zero attached hydrogens (tertiary/aromatic N) is 2. The fraction of sp³-hybridized carbons (Fsp3) is 0.333. The van der Waals surface area contributed by atoms with E-state index in [1.54, 1.807) is 18.5 Å². The minimum atomic E-state index is -1.22. The number of fused-ring (bicyclic) bond motifs is 1. The number of aliphatic hydroxyl groups is 1. The Morgan fingerprint density at radius 1 is 1.39 bits per heavy atom. The van der Waals surface area contributed by atoms with Gasteiger partial charge in [-0.2, -0.15) is 0 Å². The fourth-order valence-corrected chi connectivity index (χ4v) is 3.40. The summed E-state index contributed by atoms with van der Waals surface area (Å²) in [5, 5.41) is 12.6. The van der Waals surface area contributed by atoms with Crippen molar-refractivity contribution in [2.24, 2.45) is 5.73 Å². The Morgan fingerprint density at radius 3 is 2.75 bits per heavy atom. The van der Waals surface area contributed by atoms with Crippen molar-refractivity contribution in [3.63, 3.8) is 0 Å². The first-order valence-electron chi connectivity index (χ1n) is 8.47. The molecule has 4 N–H and O–H groups in total. The summed E-state index contributed by atoms with van der Waals surface area (Å²) in [7, 11) is 0. The molecule has 0 aliphatic carbocycles. The van der Waals surface area contributed by atoms with Crippen molar-refractivity contribution in [3.8, 4) is 5.88 Å². The zero-order valence-electron chi connectivity index (χ0n) is 15.6. The van der Waals surface area contributed by atoms with E-state index in [4.69, 9.17) is 14.9 Å². The van der Waals surface area contributed by atoms with Crippen molar-refractivity contribution in [1.82, 2.24) is 15.3 Å². The SMILES string of the molecule is Cc1ncsc1COc1cc2c(C(=O)N[C@H](C(N)=O)[C@@H](C)O)c(C)oc2cn1. The summed E-state index contributed by atoms with van der Waals surface area (Å²) in [4.78, 5) is 33.5. The first-order chi connectivity index (χ1) is 13.3. The first-order valence-corrected chi connectivity index (χ1v) is 9.35. The lowest BCUT2D eigenvalue weighted by atomic mass is 10.1. The molecule has 3 heterocycles. The summed E-state index contributed by atoms with van der Waals surface area (Å²) < 4.78 is 11.3. The van der Waals surface area contributed by atoms with Crippen LogP contribution < -0.4 is 15.8 Å². The monoisotopic (exact) mass is 404 g/mol. The van der Waals surface area contributed by atoms with Gasteiger partial charge in [-0.25, -0.2) is 9.97 Å². The normalized spacial score (nSPS) is 13.3. The number of hydrogen-bond acceptors (Lipinski definition) is 8. The molecule has 0 spiro atoms. The van der Waals surface area contributed by atoms with Crippen LogP contribution >= 0.6 is 11.3 Å². The van der Waals surface area contributed by atoms with Gasteiger partial charge in [-0.3, -0.25) is 9.59 Å². The minimum Gasteiger partial charge on any atom is -0.472 e. The van der Waals surface area contributed by atoms with E-state index in [0.717, 1.165) is 10.6 Å². The molecule has 2 atom stereocenters. The molecule has 0 unspecified atom stereocenters. The smallest absolute Gasteiger partial charge is 0.256 e. The van der Waals surface area contributed by atoms with Crippen LogP contribution in [0, 0.1) is 13.8 Å². The third-order valence-electron chi connectivity index (χ3n) is 4.23. The zero-order valence-corrected chi connectivity index (χ0v) is 16.4. The van der Waals surface area contributed by atoms with Gasteiger partial charge in [-0.15, -0.1) is 11.3 Å². The van der Waals surface area contributed by atoms with Crippen molar-refractivity contribution in [2.45, 2.75) is 39.5 Å². The van der Waals surface area contributed by atoms with Crippen molar-refractivity contribution in [2.75, 3.05) is 0 Å². The molecule has 0 bridgehead atoms. The van der Waals surface area contributed by atoms with E-state index in [1.807, 2.05) is 6.92 Å². The van der Waals surface area contributed by atoms with Gasteiger partial charge in [0.05, 0.1) is 33.9 Å². The molecule has 0 radical (unpaired) electrons. The van der Waals surface area contributed by atoms with E-state index in [1.165, 1.54) is 24.5 Å². The van der Waals surface area contributed by atoms with E-state index < -0.39 is 24.0 Å². The van der Waals surface area contributed by atoms with Gasteiger partial charge in [0.1, 0.15) is 18.4 Å².